The first-order valence-corrected chi connectivity index (χ1v) is 9.17. The van der Waals surface area contributed by atoms with E-state index < -0.39 is 11.4 Å². The fourth-order valence-electron chi connectivity index (χ4n) is 4.34. The van der Waals surface area contributed by atoms with Crippen molar-refractivity contribution in [1.29, 1.82) is 0 Å². The molecule has 2 aromatic carbocycles. The number of aliphatic carboxylic acids is 1. The Morgan fingerprint density at radius 2 is 1.85 bits per heavy atom. The monoisotopic (exact) mass is 349 g/mol. The molecule has 134 valence electrons. The summed E-state index contributed by atoms with van der Waals surface area (Å²) >= 11 is 0. The largest absolute Gasteiger partial charge is 0.481 e. The fourth-order valence-corrected chi connectivity index (χ4v) is 4.34. The van der Waals surface area contributed by atoms with E-state index in [2.05, 4.69) is 4.98 Å². The third-order valence-electron chi connectivity index (χ3n) is 5.76. The molecular formula is C22H23NO3. The quantitative estimate of drug-likeness (QED) is 0.678. The predicted molar refractivity (Wildman–Crippen MR) is 100 cm³/mol. The molecule has 1 N–H and O–H groups in total. The number of carboxylic acid groups (broad SMARTS) is 1. The van der Waals surface area contributed by atoms with Crippen molar-refractivity contribution in [2.24, 2.45) is 5.41 Å². The van der Waals surface area contributed by atoms with Gasteiger partial charge in [0.2, 0.25) is 0 Å². The number of aromatic nitrogens is 1. The van der Waals surface area contributed by atoms with E-state index >= 15 is 0 Å². The van der Waals surface area contributed by atoms with Gasteiger partial charge >= 0.3 is 5.97 Å². The Balaban J connectivity index is 1.80. The van der Waals surface area contributed by atoms with Crippen LogP contribution in [0.4, 0.5) is 0 Å². The highest BCUT2D eigenvalue weighted by Crippen LogP contribution is 2.72. The van der Waals surface area contributed by atoms with Crippen LogP contribution in [0.5, 0.6) is 0 Å². The molecule has 4 nitrogen and oxygen atoms in total. The minimum absolute atomic E-state index is 0.0175. The smallest absolute Gasteiger partial charge is 0.310 e. The molecule has 0 radical (unpaired) electrons. The molecule has 1 aliphatic carbocycles. The molecule has 0 amide bonds. The van der Waals surface area contributed by atoms with Crippen molar-refractivity contribution in [3.05, 3.63) is 65.5 Å². The van der Waals surface area contributed by atoms with Crippen LogP contribution in [0.1, 0.15) is 62.0 Å². The standard InChI is InChI=1S/C22H23NO3/c1-4-22(21(24)25)18(14-8-6-5-7-9-14)19(22)15-10-11-16-17(12-15)26-20(23-16)13(2)3/h5-13,18-19H,4H2,1-3H3,(H,24,25). The van der Waals surface area contributed by atoms with Crippen LogP contribution in [0.15, 0.2) is 52.9 Å². The summed E-state index contributed by atoms with van der Waals surface area (Å²) in [6.07, 6.45) is 0.595. The number of carboxylic acids is 1. The molecule has 1 saturated carbocycles. The van der Waals surface area contributed by atoms with Crippen molar-refractivity contribution < 1.29 is 14.3 Å². The molecule has 4 rings (SSSR count). The second-order valence-corrected chi connectivity index (χ2v) is 7.50. The van der Waals surface area contributed by atoms with Gasteiger partial charge < -0.3 is 9.52 Å². The zero-order chi connectivity index (χ0) is 18.5. The van der Waals surface area contributed by atoms with Gasteiger partial charge in [-0.05, 0) is 29.7 Å². The summed E-state index contributed by atoms with van der Waals surface area (Å²) in [5.41, 5.74) is 2.91. The molecule has 1 fully saturated rings. The van der Waals surface area contributed by atoms with E-state index in [0.29, 0.717) is 12.3 Å². The molecule has 1 aliphatic rings. The minimum atomic E-state index is -0.754. The van der Waals surface area contributed by atoms with Gasteiger partial charge in [0.1, 0.15) is 5.52 Å². The number of hydrogen-bond donors (Lipinski definition) is 1. The molecule has 1 aromatic heterocycles. The van der Waals surface area contributed by atoms with Crippen molar-refractivity contribution in [3.63, 3.8) is 0 Å². The summed E-state index contributed by atoms with van der Waals surface area (Å²) < 4.78 is 5.89. The lowest BCUT2D eigenvalue weighted by Crippen LogP contribution is -2.17. The summed E-state index contributed by atoms with van der Waals surface area (Å²) in [6.45, 7) is 6.06. The molecule has 0 bridgehead atoms. The van der Waals surface area contributed by atoms with Crippen LogP contribution < -0.4 is 0 Å². The predicted octanol–water partition coefficient (Wildman–Crippen LogP) is 5.31. The van der Waals surface area contributed by atoms with E-state index in [4.69, 9.17) is 4.42 Å². The maximum atomic E-state index is 12.2. The Hall–Kier alpha value is -2.62. The number of carbonyl (C=O) groups is 1. The van der Waals surface area contributed by atoms with Crippen LogP contribution in [-0.4, -0.2) is 16.1 Å². The maximum Gasteiger partial charge on any atom is 0.310 e. The lowest BCUT2D eigenvalue weighted by Gasteiger charge is -2.10. The fraction of sp³-hybridized carbons (Fsp3) is 0.364. The molecule has 1 heterocycles. The number of nitrogens with zero attached hydrogens (tertiary/aromatic N) is 1. The van der Waals surface area contributed by atoms with Gasteiger partial charge in [-0.3, -0.25) is 4.79 Å². The van der Waals surface area contributed by atoms with E-state index in [1.807, 2.05) is 69.3 Å². The summed E-state index contributed by atoms with van der Waals surface area (Å²) in [6, 6.07) is 15.9. The number of fused-ring (bicyclic) bond motifs is 1. The van der Waals surface area contributed by atoms with E-state index in [0.717, 1.165) is 22.2 Å². The Labute approximate surface area is 152 Å². The van der Waals surface area contributed by atoms with Crippen LogP contribution in [0.2, 0.25) is 0 Å². The maximum absolute atomic E-state index is 12.2. The minimum Gasteiger partial charge on any atom is -0.481 e. The summed E-state index contributed by atoms with van der Waals surface area (Å²) in [5, 5.41) is 10.0. The van der Waals surface area contributed by atoms with E-state index in [9.17, 15) is 9.90 Å². The van der Waals surface area contributed by atoms with Gasteiger partial charge in [-0.15, -0.1) is 0 Å². The zero-order valence-corrected chi connectivity index (χ0v) is 15.3. The molecule has 0 saturated heterocycles. The first-order valence-electron chi connectivity index (χ1n) is 9.17. The van der Waals surface area contributed by atoms with E-state index in [1.165, 1.54) is 0 Å². The van der Waals surface area contributed by atoms with Crippen LogP contribution in [0.25, 0.3) is 11.1 Å². The average molecular weight is 349 g/mol. The van der Waals surface area contributed by atoms with Gasteiger partial charge in [0.15, 0.2) is 11.5 Å². The average Bonchev–Trinajstić information content (AvgIpc) is 3.15. The SMILES string of the molecule is CCC1(C(=O)O)C(c2ccccc2)C1c1ccc2nc(C(C)C)oc2c1. The van der Waals surface area contributed by atoms with Crippen molar-refractivity contribution in [2.45, 2.75) is 44.9 Å². The van der Waals surface area contributed by atoms with Gasteiger partial charge in [0, 0.05) is 17.8 Å². The second kappa shape index (κ2) is 5.97. The first kappa shape index (κ1) is 16.8. The number of benzene rings is 2. The van der Waals surface area contributed by atoms with Gasteiger partial charge in [-0.1, -0.05) is 57.2 Å². The highest BCUT2D eigenvalue weighted by molar-refractivity contribution is 5.85. The Morgan fingerprint density at radius 1 is 1.15 bits per heavy atom. The molecule has 3 atom stereocenters. The third kappa shape index (κ3) is 2.36. The molecule has 0 spiro atoms. The molecule has 3 aromatic rings. The Kier molecular flexibility index (Phi) is 3.87. The van der Waals surface area contributed by atoms with Crippen molar-refractivity contribution in [2.75, 3.05) is 0 Å². The van der Waals surface area contributed by atoms with Gasteiger partial charge in [-0.25, -0.2) is 4.98 Å². The highest BCUT2D eigenvalue weighted by atomic mass is 16.4. The Morgan fingerprint density at radius 3 is 2.46 bits per heavy atom. The first-order chi connectivity index (χ1) is 12.5. The highest BCUT2D eigenvalue weighted by Gasteiger charge is 2.69. The van der Waals surface area contributed by atoms with E-state index in [-0.39, 0.29) is 17.8 Å². The van der Waals surface area contributed by atoms with Gasteiger partial charge in [0.25, 0.3) is 0 Å². The number of hydrogen-bond acceptors (Lipinski definition) is 3. The van der Waals surface area contributed by atoms with Crippen molar-refractivity contribution in [3.8, 4) is 0 Å². The lowest BCUT2D eigenvalue weighted by atomic mass is 9.94. The third-order valence-corrected chi connectivity index (χ3v) is 5.76. The van der Waals surface area contributed by atoms with Crippen LogP contribution in [0.3, 0.4) is 0 Å². The van der Waals surface area contributed by atoms with Crippen LogP contribution in [-0.2, 0) is 4.79 Å². The van der Waals surface area contributed by atoms with Gasteiger partial charge in [-0.2, -0.15) is 0 Å². The number of oxazole rings is 1. The number of rotatable bonds is 5. The van der Waals surface area contributed by atoms with Crippen LogP contribution >= 0.6 is 0 Å². The molecular weight excluding hydrogens is 326 g/mol. The molecule has 4 heteroatoms. The second-order valence-electron chi connectivity index (χ2n) is 7.50. The summed E-state index contributed by atoms with van der Waals surface area (Å²) in [4.78, 5) is 16.7. The van der Waals surface area contributed by atoms with Crippen molar-refractivity contribution >= 4 is 17.1 Å². The molecule has 0 aliphatic heterocycles. The topological polar surface area (TPSA) is 63.3 Å². The lowest BCUT2D eigenvalue weighted by molar-refractivity contribution is -0.143. The zero-order valence-electron chi connectivity index (χ0n) is 15.3. The molecule has 3 unspecified atom stereocenters. The summed E-state index contributed by atoms with van der Waals surface area (Å²) in [5.74, 6) is 0.144. The molecule has 26 heavy (non-hydrogen) atoms. The van der Waals surface area contributed by atoms with Crippen LogP contribution in [0, 0.1) is 5.41 Å². The Bertz CT molecular complexity index is 960. The van der Waals surface area contributed by atoms with E-state index in [1.54, 1.807) is 0 Å². The summed E-state index contributed by atoms with van der Waals surface area (Å²) in [7, 11) is 0. The normalized spacial score (nSPS) is 24.9. The van der Waals surface area contributed by atoms with Crippen molar-refractivity contribution in [1.82, 2.24) is 4.98 Å². The van der Waals surface area contributed by atoms with Gasteiger partial charge in [0.05, 0.1) is 5.41 Å².